The minimum Gasteiger partial charge on any atom is -0.374 e. The summed E-state index contributed by atoms with van der Waals surface area (Å²) in [6, 6.07) is 0. The van der Waals surface area contributed by atoms with E-state index in [1.54, 1.807) is 0 Å². The third-order valence-corrected chi connectivity index (χ3v) is 1.92. The van der Waals surface area contributed by atoms with E-state index in [1.807, 2.05) is 0 Å². The molecule has 0 aliphatic carbocycles. The smallest absolute Gasteiger partial charge is 0.129 e. The van der Waals surface area contributed by atoms with Gasteiger partial charge in [0.1, 0.15) is 6.17 Å². The third kappa shape index (κ3) is 1.20. The SMILES string of the molecule is F[C@@H]1CCO[C@@H]1CBr. The molecule has 0 spiro atoms. The lowest BCUT2D eigenvalue weighted by molar-refractivity contribution is 0.0971. The molecule has 1 fully saturated rings. The van der Waals surface area contributed by atoms with Crippen LogP contribution in [0.5, 0.6) is 0 Å². The van der Waals surface area contributed by atoms with E-state index < -0.39 is 6.17 Å². The second-order valence-electron chi connectivity index (χ2n) is 1.87. The zero-order valence-electron chi connectivity index (χ0n) is 4.44. The molecule has 0 aromatic rings. The monoisotopic (exact) mass is 182 g/mol. The molecule has 3 heteroatoms. The van der Waals surface area contributed by atoms with Gasteiger partial charge in [-0.25, -0.2) is 4.39 Å². The van der Waals surface area contributed by atoms with Crippen molar-refractivity contribution in [2.75, 3.05) is 11.9 Å². The van der Waals surface area contributed by atoms with Gasteiger partial charge in [-0.1, -0.05) is 15.9 Å². The van der Waals surface area contributed by atoms with Gasteiger partial charge in [-0.3, -0.25) is 0 Å². The molecular weight excluding hydrogens is 175 g/mol. The second kappa shape index (κ2) is 2.78. The molecule has 0 saturated carbocycles. The first-order valence-electron chi connectivity index (χ1n) is 2.66. The van der Waals surface area contributed by atoms with Gasteiger partial charge in [-0.05, 0) is 0 Å². The van der Waals surface area contributed by atoms with Crippen LogP contribution in [0.15, 0.2) is 0 Å². The number of hydrogen-bond donors (Lipinski definition) is 0. The molecule has 2 atom stereocenters. The summed E-state index contributed by atoms with van der Waals surface area (Å²) in [5.74, 6) is 0. The molecule has 1 rings (SSSR count). The van der Waals surface area contributed by atoms with Crippen LogP contribution < -0.4 is 0 Å². The predicted molar refractivity (Wildman–Crippen MR) is 33.0 cm³/mol. The number of rotatable bonds is 1. The van der Waals surface area contributed by atoms with Crippen LogP contribution in [0, 0.1) is 0 Å². The van der Waals surface area contributed by atoms with E-state index in [-0.39, 0.29) is 6.10 Å². The van der Waals surface area contributed by atoms with Crippen molar-refractivity contribution in [1.29, 1.82) is 0 Å². The Bertz CT molecular complexity index is 78.8. The molecule has 48 valence electrons. The van der Waals surface area contributed by atoms with Gasteiger partial charge in [-0.15, -0.1) is 0 Å². The average Bonchev–Trinajstić information content (AvgIpc) is 2.14. The van der Waals surface area contributed by atoms with E-state index in [0.717, 1.165) is 0 Å². The Hall–Kier alpha value is 0.370. The lowest BCUT2D eigenvalue weighted by Crippen LogP contribution is -2.17. The lowest BCUT2D eigenvalue weighted by atomic mass is 10.2. The van der Waals surface area contributed by atoms with Crippen LogP contribution in [0.25, 0.3) is 0 Å². The maximum absolute atomic E-state index is 12.4. The molecule has 0 N–H and O–H groups in total. The molecule has 1 saturated heterocycles. The first-order chi connectivity index (χ1) is 3.84. The van der Waals surface area contributed by atoms with Crippen LogP contribution in [0.2, 0.25) is 0 Å². The fourth-order valence-corrected chi connectivity index (χ4v) is 1.36. The molecular formula is C5H8BrFO. The molecule has 1 aliphatic rings. The highest BCUT2D eigenvalue weighted by atomic mass is 79.9. The van der Waals surface area contributed by atoms with Gasteiger partial charge in [0, 0.05) is 18.4 Å². The van der Waals surface area contributed by atoms with Gasteiger partial charge >= 0.3 is 0 Å². The first-order valence-corrected chi connectivity index (χ1v) is 3.78. The molecule has 0 unspecified atom stereocenters. The largest absolute Gasteiger partial charge is 0.374 e. The Morgan fingerprint density at radius 1 is 1.75 bits per heavy atom. The quantitative estimate of drug-likeness (QED) is 0.560. The third-order valence-electron chi connectivity index (χ3n) is 1.28. The summed E-state index contributed by atoms with van der Waals surface area (Å²) in [5.41, 5.74) is 0. The molecule has 0 amide bonds. The van der Waals surface area contributed by atoms with Crippen LogP contribution >= 0.6 is 15.9 Å². The van der Waals surface area contributed by atoms with E-state index in [0.29, 0.717) is 18.4 Å². The number of hydrogen-bond acceptors (Lipinski definition) is 1. The summed E-state index contributed by atoms with van der Waals surface area (Å²) in [5, 5.41) is 0.619. The van der Waals surface area contributed by atoms with E-state index in [1.165, 1.54) is 0 Å². The van der Waals surface area contributed by atoms with Gasteiger partial charge in [0.15, 0.2) is 0 Å². The summed E-state index contributed by atoms with van der Waals surface area (Å²) < 4.78 is 17.4. The Kier molecular flexibility index (Phi) is 2.26. The number of alkyl halides is 2. The molecule has 1 heterocycles. The van der Waals surface area contributed by atoms with Crippen LogP contribution in [-0.2, 0) is 4.74 Å². The highest BCUT2D eigenvalue weighted by Gasteiger charge is 2.26. The summed E-state index contributed by atoms with van der Waals surface area (Å²) in [6.07, 6.45) is -0.361. The van der Waals surface area contributed by atoms with Gasteiger partial charge in [-0.2, -0.15) is 0 Å². The fraction of sp³-hybridized carbons (Fsp3) is 1.00. The highest BCUT2D eigenvalue weighted by molar-refractivity contribution is 9.09. The zero-order chi connectivity index (χ0) is 5.98. The topological polar surface area (TPSA) is 9.23 Å². The summed E-state index contributed by atoms with van der Waals surface area (Å²) in [6.45, 7) is 0.581. The summed E-state index contributed by atoms with van der Waals surface area (Å²) >= 11 is 3.15. The molecule has 0 radical (unpaired) electrons. The maximum Gasteiger partial charge on any atom is 0.129 e. The average molecular weight is 183 g/mol. The first kappa shape index (κ1) is 6.49. The van der Waals surface area contributed by atoms with E-state index in [9.17, 15) is 4.39 Å². The Labute approximate surface area is 56.3 Å². The minimum atomic E-state index is -0.741. The second-order valence-corrected chi connectivity index (χ2v) is 2.52. The molecule has 8 heavy (non-hydrogen) atoms. The van der Waals surface area contributed by atoms with Crippen LogP contribution in [0.1, 0.15) is 6.42 Å². The summed E-state index contributed by atoms with van der Waals surface area (Å²) in [7, 11) is 0. The molecule has 0 aromatic heterocycles. The van der Waals surface area contributed by atoms with Crippen molar-refractivity contribution in [3.05, 3.63) is 0 Å². The predicted octanol–water partition coefficient (Wildman–Crippen LogP) is 1.51. The van der Waals surface area contributed by atoms with Crippen molar-refractivity contribution < 1.29 is 9.13 Å². The molecule has 1 nitrogen and oxygen atoms in total. The van der Waals surface area contributed by atoms with E-state index >= 15 is 0 Å². The fourth-order valence-electron chi connectivity index (χ4n) is 0.764. The van der Waals surface area contributed by atoms with Gasteiger partial charge < -0.3 is 4.74 Å². The van der Waals surface area contributed by atoms with E-state index in [2.05, 4.69) is 15.9 Å². The van der Waals surface area contributed by atoms with Crippen molar-refractivity contribution in [3.8, 4) is 0 Å². The summed E-state index contributed by atoms with van der Waals surface area (Å²) in [4.78, 5) is 0. The van der Waals surface area contributed by atoms with Crippen molar-refractivity contribution in [1.82, 2.24) is 0 Å². The van der Waals surface area contributed by atoms with Crippen molar-refractivity contribution in [3.63, 3.8) is 0 Å². The van der Waals surface area contributed by atoms with Crippen LogP contribution in [0.3, 0.4) is 0 Å². The van der Waals surface area contributed by atoms with Crippen molar-refractivity contribution in [2.45, 2.75) is 18.7 Å². The lowest BCUT2D eigenvalue weighted by Gasteiger charge is -2.05. The molecule has 0 bridgehead atoms. The number of halogens is 2. The van der Waals surface area contributed by atoms with E-state index in [4.69, 9.17) is 4.74 Å². The Morgan fingerprint density at radius 3 is 2.75 bits per heavy atom. The molecule has 1 aliphatic heterocycles. The van der Waals surface area contributed by atoms with Crippen LogP contribution in [-0.4, -0.2) is 24.2 Å². The van der Waals surface area contributed by atoms with Gasteiger partial charge in [0.2, 0.25) is 0 Å². The van der Waals surface area contributed by atoms with Crippen molar-refractivity contribution >= 4 is 15.9 Å². The highest BCUT2D eigenvalue weighted by Crippen LogP contribution is 2.17. The minimum absolute atomic E-state index is 0.185. The van der Waals surface area contributed by atoms with Crippen molar-refractivity contribution in [2.24, 2.45) is 0 Å². The van der Waals surface area contributed by atoms with Gasteiger partial charge in [0.25, 0.3) is 0 Å². The Balaban J connectivity index is 2.30. The zero-order valence-corrected chi connectivity index (χ0v) is 6.03. The Morgan fingerprint density at radius 2 is 2.50 bits per heavy atom. The van der Waals surface area contributed by atoms with Crippen LogP contribution in [0.4, 0.5) is 4.39 Å². The maximum atomic E-state index is 12.4. The van der Waals surface area contributed by atoms with Gasteiger partial charge in [0.05, 0.1) is 6.10 Å². The normalized spacial score (nSPS) is 38.2. The standard InChI is InChI=1S/C5H8BrFO/c6-3-5-4(7)1-2-8-5/h4-5H,1-3H2/t4-,5-/m1/s1. The number of ether oxygens (including phenoxy) is 1. The molecule has 0 aromatic carbocycles.